The van der Waals surface area contributed by atoms with Crippen molar-refractivity contribution < 1.29 is 0 Å². The van der Waals surface area contributed by atoms with Gasteiger partial charge in [-0.2, -0.15) is 0 Å². The number of aromatic amines is 1. The van der Waals surface area contributed by atoms with Crippen LogP contribution in [0.15, 0.2) is 25.0 Å². The van der Waals surface area contributed by atoms with Crippen LogP contribution in [0.1, 0.15) is 18.4 Å². The van der Waals surface area contributed by atoms with Crippen LogP contribution in [0, 0.1) is 6.92 Å². The Bertz CT molecular complexity index is 827. The highest BCUT2D eigenvalue weighted by molar-refractivity contribution is 5.82. The van der Waals surface area contributed by atoms with E-state index in [1.165, 1.54) is 0 Å². The number of rotatable bonds is 3. The third kappa shape index (κ3) is 2.64. The van der Waals surface area contributed by atoms with Crippen molar-refractivity contribution in [2.75, 3.05) is 29.9 Å². The fourth-order valence-corrected chi connectivity index (χ4v) is 3.19. The number of likely N-dealkylation sites (N-methyl/N-ethyl adjacent to an activating group) is 1. The molecule has 124 valence electrons. The number of hydrogen-bond acceptors (Lipinski definition) is 7. The van der Waals surface area contributed by atoms with Crippen molar-refractivity contribution in [2.45, 2.75) is 25.8 Å². The van der Waals surface area contributed by atoms with Crippen molar-refractivity contribution in [3.63, 3.8) is 0 Å². The second kappa shape index (κ2) is 6.03. The van der Waals surface area contributed by atoms with Gasteiger partial charge in [-0.25, -0.2) is 24.9 Å². The second-order valence-corrected chi connectivity index (χ2v) is 6.21. The monoisotopic (exact) mass is 324 g/mol. The van der Waals surface area contributed by atoms with Gasteiger partial charge in [-0.05, 0) is 25.3 Å². The van der Waals surface area contributed by atoms with Gasteiger partial charge in [-0.3, -0.25) is 0 Å². The molecule has 1 atom stereocenters. The molecule has 3 aromatic rings. The maximum atomic E-state index is 4.47. The molecule has 1 aliphatic rings. The van der Waals surface area contributed by atoms with Crippen LogP contribution in [-0.2, 0) is 0 Å². The molecule has 1 fully saturated rings. The minimum atomic E-state index is 0.342. The molecule has 3 aromatic heterocycles. The molecule has 1 unspecified atom stereocenters. The predicted molar refractivity (Wildman–Crippen MR) is 92.1 cm³/mol. The number of nitrogens with one attached hydrogen (secondary N) is 1. The lowest BCUT2D eigenvalue weighted by Crippen LogP contribution is -2.47. The number of piperidine rings is 1. The first-order valence-corrected chi connectivity index (χ1v) is 8.13. The molecule has 1 saturated heterocycles. The van der Waals surface area contributed by atoms with Crippen LogP contribution in [0.2, 0.25) is 0 Å². The van der Waals surface area contributed by atoms with Gasteiger partial charge in [-0.1, -0.05) is 0 Å². The van der Waals surface area contributed by atoms with E-state index in [2.05, 4.69) is 46.8 Å². The first-order chi connectivity index (χ1) is 11.7. The predicted octanol–water partition coefficient (Wildman–Crippen LogP) is 1.56. The summed E-state index contributed by atoms with van der Waals surface area (Å²) in [5.74, 6) is 1.68. The molecule has 0 aromatic carbocycles. The zero-order valence-corrected chi connectivity index (χ0v) is 13.8. The van der Waals surface area contributed by atoms with E-state index in [0.29, 0.717) is 11.7 Å². The molecular formula is C16H20N8. The summed E-state index contributed by atoms with van der Waals surface area (Å²) in [6, 6.07) is 0.342. The van der Waals surface area contributed by atoms with E-state index >= 15 is 0 Å². The van der Waals surface area contributed by atoms with Crippen molar-refractivity contribution >= 4 is 22.9 Å². The summed E-state index contributed by atoms with van der Waals surface area (Å²) >= 11 is 0. The highest BCUT2D eigenvalue weighted by Crippen LogP contribution is 2.25. The summed E-state index contributed by atoms with van der Waals surface area (Å²) in [5.41, 5.74) is 2.67. The Morgan fingerprint density at radius 3 is 2.83 bits per heavy atom. The van der Waals surface area contributed by atoms with Gasteiger partial charge in [0.15, 0.2) is 11.5 Å². The number of aryl methyl sites for hydroxylation is 1. The topological polar surface area (TPSA) is 86.7 Å². The lowest BCUT2D eigenvalue weighted by molar-refractivity contribution is 0.481. The quantitative estimate of drug-likeness (QED) is 0.782. The van der Waals surface area contributed by atoms with Crippen LogP contribution >= 0.6 is 0 Å². The molecule has 1 aliphatic heterocycles. The summed E-state index contributed by atoms with van der Waals surface area (Å²) in [5, 5.41) is 0. The fourth-order valence-electron chi connectivity index (χ4n) is 3.19. The third-order valence-corrected chi connectivity index (χ3v) is 4.53. The molecule has 8 nitrogen and oxygen atoms in total. The van der Waals surface area contributed by atoms with Crippen LogP contribution in [-0.4, -0.2) is 56.1 Å². The lowest BCUT2D eigenvalue weighted by atomic mass is 10.0. The standard InChI is InChI=1S/C16H20N8/c1-11-6-17-16(18-7-11)23(2)12-4-3-5-24(8-12)15-13-14(20-9-19-13)21-10-22-15/h6-7,9-10,12H,3-5,8H2,1-2H3,(H,19,20,21,22). The molecule has 0 amide bonds. The molecule has 0 aliphatic carbocycles. The van der Waals surface area contributed by atoms with E-state index in [1.807, 2.05) is 19.3 Å². The minimum absolute atomic E-state index is 0.342. The molecule has 24 heavy (non-hydrogen) atoms. The van der Waals surface area contributed by atoms with Gasteiger partial charge >= 0.3 is 0 Å². The Hall–Kier alpha value is -2.77. The summed E-state index contributed by atoms with van der Waals surface area (Å²) in [4.78, 5) is 29.4. The zero-order chi connectivity index (χ0) is 16.5. The van der Waals surface area contributed by atoms with Gasteiger partial charge in [0.25, 0.3) is 0 Å². The Morgan fingerprint density at radius 2 is 2.00 bits per heavy atom. The average Bonchev–Trinajstić information content (AvgIpc) is 3.10. The van der Waals surface area contributed by atoms with Gasteiger partial charge in [0.1, 0.15) is 11.8 Å². The second-order valence-electron chi connectivity index (χ2n) is 6.21. The van der Waals surface area contributed by atoms with Crippen LogP contribution in [0.4, 0.5) is 11.8 Å². The average molecular weight is 324 g/mol. The molecule has 0 bridgehead atoms. The van der Waals surface area contributed by atoms with E-state index in [4.69, 9.17) is 0 Å². The van der Waals surface area contributed by atoms with Gasteiger partial charge in [0.2, 0.25) is 5.95 Å². The Morgan fingerprint density at radius 1 is 1.17 bits per heavy atom. The molecule has 1 N–H and O–H groups in total. The number of hydrogen-bond donors (Lipinski definition) is 1. The van der Waals surface area contributed by atoms with E-state index in [9.17, 15) is 0 Å². The molecule has 4 rings (SSSR count). The van der Waals surface area contributed by atoms with Crippen molar-refractivity contribution in [1.82, 2.24) is 29.9 Å². The van der Waals surface area contributed by atoms with Crippen LogP contribution in [0.5, 0.6) is 0 Å². The number of fused-ring (bicyclic) bond motifs is 1. The molecule has 0 saturated carbocycles. The van der Waals surface area contributed by atoms with Crippen molar-refractivity contribution in [3.8, 4) is 0 Å². The number of imidazole rings is 1. The van der Waals surface area contributed by atoms with Crippen molar-refractivity contribution in [3.05, 3.63) is 30.6 Å². The Balaban J connectivity index is 1.57. The molecule has 0 radical (unpaired) electrons. The largest absolute Gasteiger partial charge is 0.353 e. The maximum absolute atomic E-state index is 4.47. The van der Waals surface area contributed by atoms with Gasteiger partial charge in [0.05, 0.1) is 6.33 Å². The zero-order valence-electron chi connectivity index (χ0n) is 13.8. The van der Waals surface area contributed by atoms with Gasteiger partial charge in [0, 0.05) is 38.6 Å². The third-order valence-electron chi connectivity index (χ3n) is 4.53. The number of H-pyrrole nitrogens is 1. The van der Waals surface area contributed by atoms with E-state index in [-0.39, 0.29) is 0 Å². The van der Waals surface area contributed by atoms with E-state index in [0.717, 1.165) is 48.8 Å². The number of aromatic nitrogens is 6. The minimum Gasteiger partial charge on any atom is -0.353 e. The number of anilines is 2. The Labute approximate surface area is 140 Å². The smallest absolute Gasteiger partial charge is 0.225 e. The highest BCUT2D eigenvalue weighted by Gasteiger charge is 2.26. The SMILES string of the molecule is Cc1cnc(N(C)C2CCCN(c3ncnc4nc[nH]c34)C2)nc1. The summed E-state index contributed by atoms with van der Waals surface area (Å²) in [6.45, 7) is 3.85. The van der Waals surface area contributed by atoms with Crippen LogP contribution in [0.3, 0.4) is 0 Å². The summed E-state index contributed by atoms with van der Waals surface area (Å²) in [6.07, 6.45) is 9.17. The number of nitrogens with zero attached hydrogens (tertiary/aromatic N) is 7. The van der Waals surface area contributed by atoms with Crippen LogP contribution < -0.4 is 9.80 Å². The molecular weight excluding hydrogens is 304 g/mol. The van der Waals surface area contributed by atoms with Gasteiger partial charge in [-0.15, -0.1) is 0 Å². The summed E-state index contributed by atoms with van der Waals surface area (Å²) < 4.78 is 0. The first-order valence-electron chi connectivity index (χ1n) is 8.13. The molecule has 8 heteroatoms. The van der Waals surface area contributed by atoms with Gasteiger partial charge < -0.3 is 14.8 Å². The van der Waals surface area contributed by atoms with E-state index < -0.39 is 0 Å². The summed E-state index contributed by atoms with van der Waals surface area (Å²) in [7, 11) is 2.06. The van der Waals surface area contributed by atoms with E-state index in [1.54, 1.807) is 12.7 Å². The highest BCUT2D eigenvalue weighted by atomic mass is 15.3. The fraction of sp³-hybridized carbons (Fsp3) is 0.438. The van der Waals surface area contributed by atoms with Crippen molar-refractivity contribution in [1.29, 1.82) is 0 Å². The first kappa shape index (κ1) is 14.8. The normalized spacial score (nSPS) is 18.1. The maximum Gasteiger partial charge on any atom is 0.225 e. The molecule has 0 spiro atoms. The van der Waals surface area contributed by atoms with Crippen molar-refractivity contribution in [2.24, 2.45) is 0 Å². The lowest BCUT2D eigenvalue weighted by Gasteiger charge is -2.38. The van der Waals surface area contributed by atoms with Crippen LogP contribution in [0.25, 0.3) is 11.2 Å². The Kier molecular flexibility index (Phi) is 3.72. The molecule has 4 heterocycles.